The average Bonchev–Trinajstić information content (AvgIpc) is 3.92. The SMILES string of the molecule is CC[C@@]1(O)C[C@@H]2CN(CCc3c([nH]c4ccccc34)[C@@](C(=O)OC)(c3cc4c(cc3OC)N(C)[C@H]3[C@@](O)(C(=O)OC)[C@H](OC(C)=O)[C@]5(CC)C=CCN6CC[C@]43[C@@H]65)C2)C1.O=S(=O)(O)O. The molecule has 1 spiro atoms. The topological polar surface area (TPSA) is 229 Å². The first-order valence-electron chi connectivity index (χ1n) is 21.9. The van der Waals surface area contributed by atoms with Crippen LogP contribution < -0.4 is 9.64 Å². The Bertz CT molecular complexity index is 2500. The van der Waals surface area contributed by atoms with Gasteiger partial charge in [-0.3, -0.25) is 28.5 Å². The summed E-state index contributed by atoms with van der Waals surface area (Å²) in [5.74, 6) is -1.56. The zero-order valence-corrected chi connectivity index (χ0v) is 38.2. The minimum atomic E-state index is -4.67. The number of esters is 3. The average molecular weight is 909 g/mol. The predicted molar refractivity (Wildman–Crippen MR) is 235 cm³/mol. The molecular formula is C46H60N4O13S. The van der Waals surface area contributed by atoms with E-state index < -0.39 is 67.9 Å². The lowest BCUT2D eigenvalue weighted by molar-refractivity contribution is -0.228. The Balaban J connectivity index is 0.00000106. The summed E-state index contributed by atoms with van der Waals surface area (Å²) in [5, 5.41) is 26.3. The van der Waals surface area contributed by atoms with E-state index in [1.807, 2.05) is 50.1 Å². The van der Waals surface area contributed by atoms with Gasteiger partial charge in [-0.05, 0) is 74.2 Å². The number of carbonyl (C=O) groups is 3. The van der Waals surface area contributed by atoms with E-state index in [2.05, 4.69) is 39.1 Å². The van der Waals surface area contributed by atoms with Crippen LogP contribution in [0.1, 0.15) is 75.3 Å². The van der Waals surface area contributed by atoms with Crippen LogP contribution >= 0.6 is 0 Å². The minimum Gasteiger partial charge on any atom is -0.496 e. The van der Waals surface area contributed by atoms with Crippen LogP contribution in [0.3, 0.4) is 0 Å². The van der Waals surface area contributed by atoms with Gasteiger partial charge >= 0.3 is 28.3 Å². The summed E-state index contributed by atoms with van der Waals surface area (Å²) >= 11 is 0. The van der Waals surface area contributed by atoms with Crippen molar-refractivity contribution in [2.75, 3.05) is 66.0 Å². The smallest absolute Gasteiger partial charge is 0.394 e. The fraction of sp³-hybridized carbons (Fsp3) is 0.587. The molecule has 10 atom stereocenters. The second-order valence-electron chi connectivity index (χ2n) is 18.7. The molecule has 0 amide bonds. The van der Waals surface area contributed by atoms with Crippen LogP contribution in [-0.2, 0) is 56.2 Å². The number of anilines is 1. The Morgan fingerprint density at radius 2 is 1.64 bits per heavy atom. The van der Waals surface area contributed by atoms with E-state index in [0.29, 0.717) is 82.6 Å². The molecule has 3 fully saturated rings. The normalized spacial score (nSPS) is 35.0. The van der Waals surface area contributed by atoms with Crippen LogP contribution in [-0.4, -0.2) is 151 Å². The fourth-order valence-corrected chi connectivity index (χ4v) is 13.5. The third-order valence-electron chi connectivity index (χ3n) is 15.6. The van der Waals surface area contributed by atoms with E-state index in [0.717, 1.165) is 33.4 Å². The third kappa shape index (κ3) is 6.69. The van der Waals surface area contributed by atoms with Crippen molar-refractivity contribution in [3.8, 4) is 5.75 Å². The number of likely N-dealkylation sites (N-methyl/N-ethyl adjacent to an activating group) is 1. The molecule has 18 heteroatoms. The van der Waals surface area contributed by atoms with Gasteiger partial charge in [-0.1, -0.05) is 44.2 Å². The highest BCUT2D eigenvalue weighted by atomic mass is 32.3. The number of piperidine rings is 1. The van der Waals surface area contributed by atoms with E-state index in [9.17, 15) is 19.8 Å². The van der Waals surface area contributed by atoms with Gasteiger partial charge in [0.25, 0.3) is 0 Å². The van der Waals surface area contributed by atoms with E-state index in [-0.39, 0.29) is 12.0 Å². The first kappa shape index (κ1) is 46.0. The Hall–Kier alpha value is -4.56. The number of benzene rings is 2. The summed E-state index contributed by atoms with van der Waals surface area (Å²) in [5.41, 5.74) is -1.62. The predicted octanol–water partition coefficient (Wildman–Crippen LogP) is 3.34. The number of aromatic nitrogens is 1. The summed E-state index contributed by atoms with van der Waals surface area (Å²) in [6.07, 6.45) is 5.94. The number of H-pyrrole nitrogens is 1. The quantitative estimate of drug-likeness (QED) is 0.0992. The van der Waals surface area contributed by atoms with Gasteiger partial charge in [-0.2, -0.15) is 8.42 Å². The highest BCUT2D eigenvalue weighted by Crippen LogP contribution is 2.68. The van der Waals surface area contributed by atoms with Crippen LogP contribution in [0.15, 0.2) is 48.6 Å². The Morgan fingerprint density at radius 1 is 0.938 bits per heavy atom. The molecule has 1 unspecified atom stereocenters. The monoisotopic (exact) mass is 908 g/mol. The number of rotatable bonds is 7. The molecule has 5 N–H and O–H groups in total. The molecule has 1 aromatic heterocycles. The highest BCUT2D eigenvalue weighted by molar-refractivity contribution is 7.79. The van der Waals surface area contributed by atoms with Gasteiger partial charge in [0.05, 0.1) is 33.0 Å². The van der Waals surface area contributed by atoms with Crippen molar-refractivity contribution >= 4 is 44.9 Å². The van der Waals surface area contributed by atoms with Gasteiger partial charge in [0.15, 0.2) is 6.10 Å². The number of hydrogen-bond donors (Lipinski definition) is 5. The number of aliphatic hydroxyl groups is 2. The van der Waals surface area contributed by atoms with E-state index in [4.69, 9.17) is 36.5 Å². The van der Waals surface area contributed by atoms with Gasteiger partial charge in [0, 0.05) is 90.9 Å². The lowest BCUT2D eigenvalue weighted by Gasteiger charge is -2.63. The molecule has 1 saturated carbocycles. The lowest BCUT2D eigenvalue weighted by Crippen LogP contribution is -2.81. The molecule has 6 heterocycles. The highest BCUT2D eigenvalue weighted by Gasteiger charge is 2.80. The van der Waals surface area contributed by atoms with E-state index in [1.165, 1.54) is 21.1 Å². The molecule has 9 rings (SSSR count). The van der Waals surface area contributed by atoms with Crippen molar-refractivity contribution < 1.29 is 61.1 Å². The number of nitrogens with zero attached hydrogens (tertiary/aromatic N) is 3. The van der Waals surface area contributed by atoms with Crippen molar-refractivity contribution in [3.63, 3.8) is 0 Å². The van der Waals surface area contributed by atoms with Crippen molar-refractivity contribution in [2.24, 2.45) is 11.3 Å². The Kier molecular flexibility index (Phi) is 11.6. The minimum absolute atomic E-state index is 0.0986. The molecule has 0 radical (unpaired) electrons. The zero-order valence-electron chi connectivity index (χ0n) is 37.4. The molecule has 3 aromatic rings. The summed E-state index contributed by atoms with van der Waals surface area (Å²) in [7, 11) is 1.49. The summed E-state index contributed by atoms with van der Waals surface area (Å²) in [6.45, 7) is 8.62. The fourth-order valence-electron chi connectivity index (χ4n) is 13.5. The van der Waals surface area contributed by atoms with Gasteiger partial charge < -0.3 is 39.0 Å². The number of para-hydroxylation sites is 1. The molecule has 348 valence electrons. The zero-order chi connectivity index (χ0) is 46.4. The first-order chi connectivity index (χ1) is 30.2. The van der Waals surface area contributed by atoms with Crippen molar-refractivity contribution in [1.82, 2.24) is 14.8 Å². The standard InChI is InChI=1S/C46H58N4O9.H2O4S/c1-8-42(54)23-28-24-45(40(52)57-6,36-30(15-19-49(25-28)26-42)29-13-10-11-14-33(29)47-36)32-21-31-34(22-35(32)56-5)48(4)38-44(31)17-20-50-18-12-16-43(9-2,37(44)50)39(59-27(3)51)46(38,55)41(53)58-7;1-5(2,3)4/h10-14,16,21-22,28,37-39,47,54-55H,8-9,15,17-20,23-26H2,1-7H3;(H2,1,2,3,4)/t28-,37-,38+,39+,42+,43+,44+,45-,46-;/m0./s1. The molecule has 1 aliphatic carbocycles. The Labute approximate surface area is 373 Å². The van der Waals surface area contributed by atoms with E-state index >= 15 is 4.79 Å². The summed E-state index contributed by atoms with van der Waals surface area (Å²) < 4.78 is 55.5. The molecule has 6 aliphatic rings. The number of hydrogen-bond acceptors (Lipinski definition) is 14. The number of nitrogens with one attached hydrogen (secondary N) is 1. The second-order valence-corrected chi connectivity index (χ2v) is 19.5. The first-order valence-corrected chi connectivity index (χ1v) is 23.3. The number of ether oxygens (including phenoxy) is 4. The van der Waals surface area contributed by atoms with Gasteiger partial charge in [0.2, 0.25) is 5.60 Å². The molecule has 5 aliphatic heterocycles. The maximum absolute atomic E-state index is 15.3. The van der Waals surface area contributed by atoms with Crippen LogP contribution in [0.4, 0.5) is 5.69 Å². The number of carbonyl (C=O) groups excluding carboxylic acids is 3. The number of methoxy groups -OCH3 is 3. The Morgan fingerprint density at radius 3 is 2.28 bits per heavy atom. The van der Waals surface area contributed by atoms with Crippen molar-refractivity contribution in [1.29, 1.82) is 0 Å². The molecule has 2 aromatic carbocycles. The number of aromatic amines is 1. The third-order valence-corrected chi connectivity index (χ3v) is 15.6. The largest absolute Gasteiger partial charge is 0.496 e. The molecule has 64 heavy (non-hydrogen) atoms. The van der Waals surface area contributed by atoms with Gasteiger partial charge in [0.1, 0.15) is 11.2 Å². The molecule has 17 nitrogen and oxygen atoms in total. The van der Waals surface area contributed by atoms with Crippen molar-refractivity contribution in [2.45, 2.75) is 99.5 Å². The summed E-state index contributed by atoms with van der Waals surface area (Å²) in [4.78, 5) is 53.2. The van der Waals surface area contributed by atoms with Gasteiger partial charge in [-0.25, -0.2) is 4.79 Å². The lowest BCUT2D eigenvalue weighted by atomic mass is 9.47. The second kappa shape index (κ2) is 16.1. The van der Waals surface area contributed by atoms with Gasteiger partial charge in [-0.15, -0.1) is 0 Å². The maximum atomic E-state index is 15.3. The van der Waals surface area contributed by atoms with Crippen molar-refractivity contribution in [3.05, 3.63) is 70.9 Å². The summed E-state index contributed by atoms with van der Waals surface area (Å²) in [6, 6.07) is 11.0. The van der Waals surface area contributed by atoms with Crippen LogP contribution in [0, 0.1) is 11.3 Å². The molecular weight excluding hydrogens is 849 g/mol. The maximum Gasteiger partial charge on any atom is 0.394 e. The van der Waals surface area contributed by atoms with Crippen LogP contribution in [0.5, 0.6) is 5.75 Å². The van der Waals surface area contributed by atoms with Crippen LogP contribution in [0.25, 0.3) is 10.9 Å². The van der Waals surface area contributed by atoms with E-state index in [1.54, 1.807) is 7.11 Å². The molecule has 2 bridgehead atoms. The van der Waals surface area contributed by atoms with Crippen LogP contribution in [0.2, 0.25) is 0 Å². The number of fused-ring (bicyclic) bond motifs is 6. The molecule has 2 saturated heterocycles.